The zero-order valence-electron chi connectivity index (χ0n) is 19.0. The number of carbonyl (C=O) groups is 2. The first-order chi connectivity index (χ1) is 14.3. The SMILES string of the molecule is CN1C(=O)CC[C@@]2(C)C1CC[C@@H]1[C@H]2CC[C@]2(C)C(NC(=O)c3cccn3C)CC[C@@H]12. The molecule has 1 aromatic heterocycles. The maximum absolute atomic E-state index is 12.9. The van der Waals surface area contributed by atoms with E-state index in [9.17, 15) is 9.59 Å². The number of hydrogen-bond donors (Lipinski definition) is 1. The number of hydrogen-bond acceptors (Lipinski definition) is 2. The summed E-state index contributed by atoms with van der Waals surface area (Å²) in [5.41, 5.74) is 1.21. The van der Waals surface area contributed by atoms with Gasteiger partial charge in [0.1, 0.15) is 5.69 Å². The van der Waals surface area contributed by atoms with E-state index >= 15 is 0 Å². The molecular formula is C25H37N3O2. The quantitative estimate of drug-likeness (QED) is 0.800. The van der Waals surface area contributed by atoms with Gasteiger partial charge in [-0.1, -0.05) is 13.8 Å². The predicted molar refractivity (Wildman–Crippen MR) is 117 cm³/mol. The van der Waals surface area contributed by atoms with E-state index in [1.54, 1.807) is 0 Å². The normalized spacial score (nSPS) is 43.0. The van der Waals surface area contributed by atoms with Gasteiger partial charge in [-0.25, -0.2) is 0 Å². The van der Waals surface area contributed by atoms with Gasteiger partial charge in [-0.2, -0.15) is 0 Å². The molecule has 2 amide bonds. The van der Waals surface area contributed by atoms with Crippen LogP contribution in [-0.4, -0.2) is 40.4 Å². The zero-order valence-corrected chi connectivity index (χ0v) is 19.0. The highest BCUT2D eigenvalue weighted by Crippen LogP contribution is 2.64. The van der Waals surface area contributed by atoms with Gasteiger partial charge in [0, 0.05) is 38.8 Å². The number of nitrogens with one attached hydrogen (secondary N) is 1. The molecule has 0 aromatic carbocycles. The largest absolute Gasteiger partial charge is 0.347 e. The lowest BCUT2D eigenvalue weighted by atomic mass is 9.47. The second-order valence-corrected chi connectivity index (χ2v) is 11.1. The van der Waals surface area contributed by atoms with Crippen LogP contribution in [0.4, 0.5) is 0 Å². The monoisotopic (exact) mass is 411 g/mol. The molecule has 1 aromatic rings. The van der Waals surface area contributed by atoms with Crippen LogP contribution in [0, 0.1) is 28.6 Å². The lowest BCUT2D eigenvalue weighted by Gasteiger charge is -2.61. The summed E-state index contributed by atoms with van der Waals surface area (Å²) in [4.78, 5) is 27.3. The van der Waals surface area contributed by atoms with Crippen molar-refractivity contribution in [2.75, 3.05) is 7.05 Å². The zero-order chi connectivity index (χ0) is 21.3. The van der Waals surface area contributed by atoms with Crippen molar-refractivity contribution in [2.45, 2.75) is 77.3 Å². The van der Waals surface area contributed by atoms with E-state index in [0.29, 0.717) is 30.2 Å². The van der Waals surface area contributed by atoms with E-state index in [4.69, 9.17) is 0 Å². The summed E-state index contributed by atoms with van der Waals surface area (Å²) in [5.74, 6) is 2.55. The molecule has 0 bridgehead atoms. The molecule has 164 valence electrons. The summed E-state index contributed by atoms with van der Waals surface area (Å²) in [6, 6.07) is 4.53. The van der Waals surface area contributed by atoms with Crippen LogP contribution in [0.15, 0.2) is 18.3 Å². The summed E-state index contributed by atoms with van der Waals surface area (Å²) in [5, 5.41) is 3.42. The van der Waals surface area contributed by atoms with Gasteiger partial charge in [-0.3, -0.25) is 9.59 Å². The summed E-state index contributed by atoms with van der Waals surface area (Å²) >= 11 is 0. The number of carbonyl (C=O) groups excluding carboxylic acids is 2. The maximum atomic E-state index is 12.9. The number of aryl methyl sites for hydroxylation is 1. The van der Waals surface area contributed by atoms with Gasteiger partial charge in [-0.05, 0) is 85.7 Å². The van der Waals surface area contributed by atoms with Crippen LogP contribution >= 0.6 is 0 Å². The third-order valence-electron chi connectivity index (χ3n) is 10.0. The number of piperidine rings is 1. The highest BCUT2D eigenvalue weighted by Gasteiger charge is 2.61. The van der Waals surface area contributed by atoms with Crippen LogP contribution < -0.4 is 5.32 Å². The molecule has 4 fully saturated rings. The lowest BCUT2D eigenvalue weighted by Crippen LogP contribution is -2.62. The van der Waals surface area contributed by atoms with Gasteiger partial charge in [0.15, 0.2) is 0 Å². The molecule has 4 aliphatic rings. The van der Waals surface area contributed by atoms with E-state index in [-0.39, 0.29) is 22.8 Å². The van der Waals surface area contributed by atoms with Gasteiger partial charge in [0.25, 0.3) is 5.91 Å². The second-order valence-electron chi connectivity index (χ2n) is 11.1. The third kappa shape index (κ3) is 2.73. The van der Waals surface area contributed by atoms with E-state index in [0.717, 1.165) is 30.9 Å². The molecule has 7 atom stereocenters. The third-order valence-corrected chi connectivity index (χ3v) is 10.0. The van der Waals surface area contributed by atoms with Crippen molar-refractivity contribution in [3.8, 4) is 0 Å². The second kappa shape index (κ2) is 6.86. The Kier molecular flexibility index (Phi) is 4.61. The Morgan fingerprint density at radius 1 is 1.03 bits per heavy atom. The first-order valence-electron chi connectivity index (χ1n) is 11.9. The molecule has 2 heterocycles. The van der Waals surface area contributed by atoms with Gasteiger partial charge < -0.3 is 14.8 Å². The Labute approximate surface area is 180 Å². The van der Waals surface area contributed by atoms with E-state index in [1.807, 2.05) is 37.0 Å². The Balaban J connectivity index is 1.36. The van der Waals surface area contributed by atoms with E-state index < -0.39 is 0 Å². The van der Waals surface area contributed by atoms with Gasteiger partial charge in [0.2, 0.25) is 5.91 Å². The minimum atomic E-state index is 0.0691. The summed E-state index contributed by atoms with van der Waals surface area (Å²) in [7, 11) is 3.97. The number of likely N-dealkylation sites (tertiary alicyclic amines) is 1. The molecule has 0 radical (unpaired) electrons. The number of aromatic nitrogens is 1. The van der Waals surface area contributed by atoms with Crippen LogP contribution in [0.25, 0.3) is 0 Å². The smallest absolute Gasteiger partial charge is 0.268 e. The summed E-state index contributed by atoms with van der Waals surface area (Å²) in [6.07, 6.45) is 10.8. The highest BCUT2D eigenvalue weighted by molar-refractivity contribution is 5.93. The predicted octanol–water partition coefficient (Wildman–Crippen LogP) is 3.99. The molecule has 2 unspecified atom stereocenters. The highest BCUT2D eigenvalue weighted by atomic mass is 16.2. The van der Waals surface area contributed by atoms with Crippen molar-refractivity contribution in [1.29, 1.82) is 0 Å². The number of nitrogens with zero attached hydrogens (tertiary/aromatic N) is 2. The molecule has 1 saturated heterocycles. The van der Waals surface area contributed by atoms with Crippen LogP contribution in [-0.2, 0) is 11.8 Å². The topological polar surface area (TPSA) is 54.3 Å². The summed E-state index contributed by atoms with van der Waals surface area (Å²) < 4.78 is 1.91. The maximum Gasteiger partial charge on any atom is 0.268 e. The molecular weight excluding hydrogens is 374 g/mol. The van der Waals surface area contributed by atoms with Crippen molar-refractivity contribution in [1.82, 2.24) is 14.8 Å². The molecule has 1 N–H and O–H groups in total. The fraction of sp³-hybridized carbons (Fsp3) is 0.760. The van der Waals surface area contributed by atoms with Crippen molar-refractivity contribution in [2.24, 2.45) is 35.6 Å². The molecule has 30 heavy (non-hydrogen) atoms. The van der Waals surface area contributed by atoms with Crippen LogP contribution in [0.2, 0.25) is 0 Å². The Bertz CT molecular complexity index is 862. The van der Waals surface area contributed by atoms with Crippen LogP contribution in [0.1, 0.15) is 75.7 Å². The fourth-order valence-electron chi connectivity index (χ4n) is 8.32. The van der Waals surface area contributed by atoms with Crippen LogP contribution in [0.5, 0.6) is 0 Å². The molecule has 5 rings (SSSR count). The first kappa shape index (κ1) is 20.1. The molecule has 5 heteroatoms. The molecule has 3 aliphatic carbocycles. The van der Waals surface area contributed by atoms with E-state index in [2.05, 4.69) is 24.1 Å². The number of fused-ring (bicyclic) bond motifs is 5. The average molecular weight is 412 g/mol. The average Bonchev–Trinajstić information content (AvgIpc) is 3.28. The minimum absolute atomic E-state index is 0.0691. The van der Waals surface area contributed by atoms with Gasteiger partial charge >= 0.3 is 0 Å². The van der Waals surface area contributed by atoms with Crippen LogP contribution in [0.3, 0.4) is 0 Å². The van der Waals surface area contributed by atoms with Crippen molar-refractivity contribution < 1.29 is 9.59 Å². The molecule has 3 saturated carbocycles. The summed E-state index contributed by atoms with van der Waals surface area (Å²) in [6.45, 7) is 4.92. The van der Waals surface area contributed by atoms with Crippen molar-refractivity contribution in [3.63, 3.8) is 0 Å². The van der Waals surface area contributed by atoms with E-state index in [1.165, 1.54) is 25.7 Å². The number of rotatable bonds is 2. The standard InChI is InChI=1S/C25H37N3O2/c1-24-13-11-18-16(7-10-21-25(18,2)14-12-22(29)28(21)4)17(24)8-9-20(24)26-23(30)19-6-5-15-27(19)3/h5-6,15-18,20-21H,7-14H2,1-4H3,(H,26,30)/t16-,17-,18+,20?,21?,24-,25+/m0/s1. The minimum Gasteiger partial charge on any atom is -0.347 e. The van der Waals surface area contributed by atoms with Gasteiger partial charge in [-0.15, -0.1) is 0 Å². The Morgan fingerprint density at radius 2 is 1.80 bits per heavy atom. The first-order valence-corrected chi connectivity index (χ1v) is 11.9. The van der Waals surface area contributed by atoms with Crippen molar-refractivity contribution >= 4 is 11.8 Å². The Hall–Kier alpha value is -1.78. The Morgan fingerprint density at radius 3 is 2.53 bits per heavy atom. The van der Waals surface area contributed by atoms with Crippen molar-refractivity contribution in [3.05, 3.63) is 24.0 Å². The molecule has 5 nitrogen and oxygen atoms in total. The molecule has 1 aliphatic heterocycles. The fourth-order valence-corrected chi connectivity index (χ4v) is 8.32. The lowest BCUT2D eigenvalue weighted by molar-refractivity contribution is -0.157. The number of amides is 2. The molecule has 0 spiro atoms. The van der Waals surface area contributed by atoms with Gasteiger partial charge in [0.05, 0.1) is 0 Å².